The third-order valence-electron chi connectivity index (χ3n) is 5.27. The van der Waals surface area contributed by atoms with Gasteiger partial charge in [0.05, 0.1) is 17.5 Å². The SMILES string of the molecule is CC(=O)c1cccc(N2C(=O)[C@@H]3[C@@H](C2=O)[C@H]2C=C[C@H]3CC2)c1. The summed E-state index contributed by atoms with van der Waals surface area (Å²) < 4.78 is 0. The number of hydrogen-bond acceptors (Lipinski definition) is 3. The summed E-state index contributed by atoms with van der Waals surface area (Å²) in [5.41, 5.74) is 1.05. The van der Waals surface area contributed by atoms with Gasteiger partial charge in [-0.15, -0.1) is 0 Å². The van der Waals surface area contributed by atoms with Crippen molar-refractivity contribution in [2.24, 2.45) is 23.7 Å². The lowest BCUT2D eigenvalue weighted by Gasteiger charge is -2.38. The molecule has 22 heavy (non-hydrogen) atoms. The van der Waals surface area contributed by atoms with Gasteiger partial charge in [0.2, 0.25) is 11.8 Å². The highest BCUT2D eigenvalue weighted by Crippen LogP contribution is 2.50. The van der Waals surface area contributed by atoms with Gasteiger partial charge in [-0.2, -0.15) is 0 Å². The quantitative estimate of drug-likeness (QED) is 0.479. The van der Waals surface area contributed by atoms with Crippen molar-refractivity contribution < 1.29 is 14.4 Å². The number of rotatable bonds is 2. The monoisotopic (exact) mass is 295 g/mol. The molecule has 5 rings (SSSR count). The third-order valence-corrected chi connectivity index (χ3v) is 5.27. The van der Waals surface area contributed by atoms with E-state index in [1.54, 1.807) is 24.3 Å². The lowest BCUT2D eigenvalue weighted by Crippen LogP contribution is -2.38. The first-order chi connectivity index (χ1) is 10.6. The molecule has 4 aliphatic rings. The minimum atomic E-state index is -0.211. The Hall–Kier alpha value is -2.23. The first-order valence-electron chi connectivity index (χ1n) is 7.75. The number of carbonyl (C=O) groups excluding carboxylic acids is 3. The van der Waals surface area contributed by atoms with Crippen LogP contribution in [-0.4, -0.2) is 17.6 Å². The molecule has 0 N–H and O–H groups in total. The topological polar surface area (TPSA) is 54.5 Å². The molecule has 2 fully saturated rings. The minimum Gasteiger partial charge on any atom is -0.295 e. The van der Waals surface area contributed by atoms with Gasteiger partial charge in [0.15, 0.2) is 5.78 Å². The van der Waals surface area contributed by atoms with Crippen molar-refractivity contribution in [3.05, 3.63) is 42.0 Å². The highest BCUT2D eigenvalue weighted by Gasteiger charge is 2.56. The van der Waals surface area contributed by atoms with Gasteiger partial charge in [-0.05, 0) is 43.7 Å². The van der Waals surface area contributed by atoms with Crippen LogP contribution in [-0.2, 0) is 9.59 Å². The van der Waals surface area contributed by atoms with E-state index in [0.29, 0.717) is 11.3 Å². The number of nitrogens with zero attached hydrogens (tertiary/aromatic N) is 1. The van der Waals surface area contributed by atoms with Gasteiger partial charge < -0.3 is 0 Å². The summed E-state index contributed by atoms with van der Waals surface area (Å²) >= 11 is 0. The Morgan fingerprint density at radius 2 is 1.64 bits per heavy atom. The second-order valence-corrected chi connectivity index (χ2v) is 6.46. The number of allylic oxidation sites excluding steroid dienone is 2. The molecule has 0 aromatic heterocycles. The summed E-state index contributed by atoms with van der Waals surface area (Å²) in [6.45, 7) is 1.48. The van der Waals surface area contributed by atoms with E-state index < -0.39 is 0 Å². The second-order valence-electron chi connectivity index (χ2n) is 6.46. The van der Waals surface area contributed by atoms with Crippen LogP contribution in [0.5, 0.6) is 0 Å². The van der Waals surface area contributed by atoms with Crippen LogP contribution in [0.1, 0.15) is 30.1 Å². The number of fused-ring (bicyclic) bond motifs is 1. The molecule has 1 heterocycles. The van der Waals surface area contributed by atoms with E-state index in [9.17, 15) is 14.4 Å². The molecule has 0 radical (unpaired) electrons. The number of carbonyl (C=O) groups is 3. The zero-order valence-electron chi connectivity index (χ0n) is 12.4. The van der Waals surface area contributed by atoms with Crippen LogP contribution >= 0.6 is 0 Å². The zero-order chi connectivity index (χ0) is 15.4. The Morgan fingerprint density at radius 3 is 2.14 bits per heavy atom. The van der Waals surface area contributed by atoms with Crippen LogP contribution in [0.15, 0.2) is 36.4 Å². The van der Waals surface area contributed by atoms with Crippen molar-refractivity contribution in [2.45, 2.75) is 19.8 Å². The molecule has 4 heteroatoms. The van der Waals surface area contributed by atoms with E-state index in [1.165, 1.54) is 11.8 Å². The van der Waals surface area contributed by atoms with Crippen molar-refractivity contribution in [3.63, 3.8) is 0 Å². The molecule has 1 aliphatic heterocycles. The van der Waals surface area contributed by atoms with Gasteiger partial charge in [0.1, 0.15) is 0 Å². The van der Waals surface area contributed by atoms with Crippen LogP contribution in [0.2, 0.25) is 0 Å². The van der Waals surface area contributed by atoms with E-state index in [0.717, 1.165) is 12.8 Å². The maximum Gasteiger partial charge on any atom is 0.238 e. The van der Waals surface area contributed by atoms with E-state index in [1.807, 2.05) is 0 Å². The van der Waals surface area contributed by atoms with Crippen molar-refractivity contribution >= 4 is 23.3 Å². The Balaban J connectivity index is 1.75. The number of anilines is 1. The molecule has 4 nitrogen and oxygen atoms in total. The van der Waals surface area contributed by atoms with Gasteiger partial charge >= 0.3 is 0 Å². The summed E-state index contributed by atoms with van der Waals surface area (Å²) in [6, 6.07) is 6.80. The average Bonchev–Trinajstić information content (AvgIpc) is 2.82. The lowest BCUT2D eigenvalue weighted by molar-refractivity contribution is -0.124. The van der Waals surface area contributed by atoms with Crippen molar-refractivity contribution in [3.8, 4) is 0 Å². The van der Waals surface area contributed by atoms with Gasteiger partial charge in [0.25, 0.3) is 0 Å². The van der Waals surface area contributed by atoms with Crippen molar-refractivity contribution in [1.29, 1.82) is 0 Å². The fraction of sp³-hybridized carbons (Fsp3) is 0.389. The number of ketones is 1. The Kier molecular flexibility index (Phi) is 2.83. The van der Waals surface area contributed by atoms with Crippen LogP contribution in [0, 0.1) is 23.7 Å². The molecule has 1 aromatic rings. The Bertz CT molecular complexity index is 689. The molecule has 2 amide bonds. The summed E-state index contributed by atoms with van der Waals surface area (Å²) in [7, 11) is 0. The van der Waals surface area contributed by atoms with Crippen molar-refractivity contribution in [1.82, 2.24) is 0 Å². The minimum absolute atomic E-state index is 0.0694. The molecule has 0 spiro atoms. The summed E-state index contributed by atoms with van der Waals surface area (Å²) in [6.07, 6.45) is 6.19. The number of imide groups is 1. The fourth-order valence-corrected chi connectivity index (χ4v) is 4.19. The zero-order valence-corrected chi connectivity index (χ0v) is 12.4. The maximum absolute atomic E-state index is 12.8. The average molecular weight is 295 g/mol. The maximum atomic E-state index is 12.8. The number of Topliss-reactive ketones (excluding diaryl/α,β-unsaturated/α-hetero) is 1. The van der Waals surface area contributed by atoms with E-state index in [4.69, 9.17) is 0 Å². The summed E-state index contributed by atoms with van der Waals surface area (Å²) in [4.78, 5) is 38.5. The number of hydrogen-bond donors (Lipinski definition) is 0. The van der Waals surface area contributed by atoms with Crippen LogP contribution in [0.3, 0.4) is 0 Å². The fourth-order valence-electron chi connectivity index (χ4n) is 4.19. The molecule has 0 unspecified atom stereocenters. The summed E-state index contributed by atoms with van der Waals surface area (Å²) in [5, 5.41) is 0. The molecule has 1 aromatic carbocycles. The molecule has 2 bridgehead atoms. The van der Waals surface area contributed by atoms with E-state index in [-0.39, 0.29) is 41.3 Å². The molecule has 1 saturated heterocycles. The largest absolute Gasteiger partial charge is 0.295 e. The molecular formula is C18H17NO3. The predicted molar refractivity (Wildman–Crippen MR) is 81.3 cm³/mol. The highest BCUT2D eigenvalue weighted by atomic mass is 16.2. The van der Waals surface area contributed by atoms with Gasteiger partial charge in [0, 0.05) is 5.56 Å². The van der Waals surface area contributed by atoms with Gasteiger partial charge in [-0.25, -0.2) is 4.90 Å². The Labute approximate surface area is 128 Å². The van der Waals surface area contributed by atoms with Gasteiger partial charge in [-0.3, -0.25) is 14.4 Å². The highest BCUT2D eigenvalue weighted by molar-refractivity contribution is 6.22. The molecular weight excluding hydrogens is 278 g/mol. The number of benzene rings is 1. The smallest absolute Gasteiger partial charge is 0.238 e. The molecule has 4 atom stereocenters. The first kappa shape index (κ1) is 13.4. The molecule has 3 aliphatic carbocycles. The van der Waals surface area contributed by atoms with E-state index in [2.05, 4.69) is 12.2 Å². The van der Waals surface area contributed by atoms with Crippen molar-refractivity contribution in [2.75, 3.05) is 4.90 Å². The lowest BCUT2D eigenvalue weighted by atomic mass is 9.63. The predicted octanol–water partition coefficient (Wildman–Crippen LogP) is 2.59. The normalized spacial score (nSPS) is 32.5. The molecule has 112 valence electrons. The molecule has 1 saturated carbocycles. The van der Waals surface area contributed by atoms with Crippen LogP contribution in [0.4, 0.5) is 5.69 Å². The van der Waals surface area contributed by atoms with E-state index >= 15 is 0 Å². The number of amides is 2. The standard InChI is InChI=1S/C18H17NO3/c1-10(20)13-3-2-4-14(9-13)19-17(21)15-11-5-6-12(8-7-11)16(15)18(19)22/h2-6,9,11-12,15-16H,7-8H2,1H3/t11-,12-,15-,16-/m0/s1. The third kappa shape index (κ3) is 1.73. The van der Waals surface area contributed by atoms with Gasteiger partial charge in [-0.1, -0.05) is 24.3 Å². The second kappa shape index (κ2) is 4.63. The van der Waals surface area contributed by atoms with Crippen LogP contribution in [0.25, 0.3) is 0 Å². The Morgan fingerprint density at radius 1 is 1.05 bits per heavy atom. The first-order valence-corrected chi connectivity index (χ1v) is 7.75. The summed E-state index contributed by atoms with van der Waals surface area (Å²) in [5.74, 6) is -0.320. The van der Waals surface area contributed by atoms with Crippen LogP contribution < -0.4 is 4.90 Å².